The van der Waals surface area contributed by atoms with Crippen LogP contribution in [0.2, 0.25) is 0 Å². The topological polar surface area (TPSA) is 171 Å². The van der Waals surface area contributed by atoms with Crippen molar-refractivity contribution in [3.8, 4) is 6.07 Å². The number of hydrogen-bond donors (Lipinski definition) is 4. The molecule has 6 N–H and O–H groups in total. The van der Waals surface area contributed by atoms with E-state index in [1.165, 1.54) is 6.33 Å². The highest BCUT2D eigenvalue weighted by Gasteiger charge is 2.57. The van der Waals surface area contributed by atoms with Gasteiger partial charge in [0.15, 0.2) is 24.0 Å². The van der Waals surface area contributed by atoms with E-state index >= 15 is 0 Å². The number of ether oxygens (including phenoxy) is 1. The second kappa shape index (κ2) is 7.25. The number of fused-ring (bicyclic) bond motifs is 1. The summed E-state index contributed by atoms with van der Waals surface area (Å²) in [5, 5.41) is 21.9. The first-order valence-corrected chi connectivity index (χ1v) is 9.03. The highest BCUT2D eigenvalue weighted by Crippen LogP contribution is 2.62. The van der Waals surface area contributed by atoms with Crippen molar-refractivity contribution in [2.75, 3.05) is 30.0 Å². The molecule has 2 saturated heterocycles. The third kappa shape index (κ3) is 3.77. The van der Waals surface area contributed by atoms with E-state index in [2.05, 4.69) is 15.3 Å². The molecule has 2 radical (unpaired) electrons. The van der Waals surface area contributed by atoms with Crippen molar-refractivity contribution in [3.05, 3.63) is 6.33 Å². The van der Waals surface area contributed by atoms with Gasteiger partial charge in [-0.05, 0) is 0 Å². The molecular formula is C12H17BN6O5P+. The Kier molecular flexibility index (Phi) is 5.24. The smallest absolute Gasteiger partial charge is 0.393 e. The molecule has 0 aromatic carbocycles. The Morgan fingerprint density at radius 3 is 3.08 bits per heavy atom. The molecule has 0 bridgehead atoms. The Balaban J connectivity index is 1.66. The summed E-state index contributed by atoms with van der Waals surface area (Å²) in [5.41, 5.74) is 11.6. The van der Waals surface area contributed by atoms with Crippen molar-refractivity contribution in [2.24, 2.45) is 0 Å². The highest BCUT2D eigenvalue weighted by atomic mass is 31.2. The Hall–Kier alpha value is -1.74. The molecule has 25 heavy (non-hydrogen) atoms. The first kappa shape index (κ1) is 18.1. The second-order valence-electron chi connectivity index (χ2n) is 5.40. The lowest BCUT2D eigenvalue weighted by Gasteiger charge is -2.30. The zero-order valence-corrected chi connectivity index (χ0v) is 14.0. The number of hydrogen-bond acceptors (Lipinski definition) is 11. The molecule has 11 nitrogen and oxygen atoms in total. The van der Waals surface area contributed by atoms with Gasteiger partial charge in [-0.25, -0.2) is 9.97 Å². The summed E-state index contributed by atoms with van der Waals surface area (Å²) in [6, 6.07) is 1.93. The maximum atomic E-state index is 10.5. The van der Waals surface area contributed by atoms with Gasteiger partial charge in [0, 0.05) is 0 Å². The number of aliphatic hydroxyl groups excluding tert-OH is 1. The summed E-state index contributed by atoms with van der Waals surface area (Å²) in [6.07, 6.45) is -1.86. The maximum Gasteiger partial charge on any atom is 0.488 e. The maximum absolute atomic E-state index is 10.5. The molecule has 3 heterocycles. The van der Waals surface area contributed by atoms with Crippen LogP contribution < -0.4 is 16.8 Å². The highest BCUT2D eigenvalue weighted by molar-refractivity contribution is 7.85. The molecule has 132 valence electrons. The van der Waals surface area contributed by atoms with Crippen molar-refractivity contribution >= 4 is 32.7 Å². The van der Waals surface area contributed by atoms with Crippen LogP contribution in [0.15, 0.2) is 6.33 Å². The van der Waals surface area contributed by atoms with E-state index in [0.29, 0.717) is 0 Å². The molecule has 13 heteroatoms. The minimum atomic E-state index is -3.12. The zero-order chi connectivity index (χ0) is 18.0. The van der Waals surface area contributed by atoms with Crippen LogP contribution in [0.4, 0.5) is 17.3 Å². The van der Waals surface area contributed by atoms with Gasteiger partial charge in [-0.15, -0.1) is 0 Å². The van der Waals surface area contributed by atoms with E-state index in [0.717, 1.165) is 0 Å². The normalized spacial score (nSPS) is 34.2. The van der Waals surface area contributed by atoms with Crippen molar-refractivity contribution < 1.29 is 23.4 Å². The van der Waals surface area contributed by atoms with Gasteiger partial charge in [0.25, 0.3) is 0 Å². The molecule has 0 aliphatic carbocycles. The minimum absolute atomic E-state index is 0.0769. The summed E-state index contributed by atoms with van der Waals surface area (Å²) in [5.74, 6) is 0.343. The molecule has 1 aromatic rings. The fourth-order valence-electron chi connectivity index (χ4n) is 2.44. The number of rotatable bonds is 5. The van der Waals surface area contributed by atoms with Crippen molar-refractivity contribution in [1.82, 2.24) is 9.97 Å². The lowest BCUT2D eigenvalue weighted by molar-refractivity contribution is -0.0463. The fraction of sp³-hybridized carbons (Fsp3) is 0.583. The molecule has 5 atom stereocenters. The lowest BCUT2D eigenvalue weighted by atomic mass is 10.1. The molecule has 3 rings (SSSR count). The summed E-state index contributed by atoms with van der Waals surface area (Å²) in [4.78, 5) is 7.73. The van der Waals surface area contributed by atoms with Gasteiger partial charge in [0.1, 0.15) is 37.4 Å². The number of nitrogen functional groups attached to an aromatic ring is 2. The predicted molar refractivity (Wildman–Crippen MR) is 88.8 cm³/mol. The van der Waals surface area contributed by atoms with Crippen LogP contribution in [-0.2, 0) is 18.3 Å². The Morgan fingerprint density at radius 2 is 2.32 bits per heavy atom. The van der Waals surface area contributed by atoms with Gasteiger partial charge >= 0.3 is 15.4 Å². The standard InChI is InChI=1S/C12H17BN6O5P/c13-25(21-3-1-2-14)22-4-6-9(24-25)8(20)12(23-6)19-11-7(15)10(16)17-5-18-11/h5-6,8-9,12,20H,1,3-4,15H2,(H3,16,17,18,19)/q+1/t6?,8?,9-,12?,25?/m1/s1. The number of nitrogens with two attached hydrogens (primary N) is 2. The van der Waals surface area contributed by atoms with E-state index in [-0.39, 0.29) is 37.0 Å². The summed E-state index contributed by atoms with van der Waals surface area (Å²) in [7, 11) is 2.83. The molecule has 4 unspecified atom stereocenters. The van der Waals surface area contributed by atoms with Gasteiger partial charge in [0.05, 0.1) is 12.5 Å². The Morgan fingerprint density at radius 1 is 1.52 bits per heavy atom. The lowest BCUT2D eigenvalue weighted by Crippen LogP contribution is -2.42. The minimum Gasteiger partial charge on any atom is -0.393 e. The number of aliphatic hydroxyl groups is 1. The Bertz CT molecular complexity index is 680. The average Bonchev–Trinajstić information content (AvgIpc) is 2.88. The molecule has 0 amide bonds. The number of nitriles is 1. The van der Waals surface area contributed by atoms with Crippen LogP contribution >= 0.6 is 7.82 Å². The second-order valence-corrected chi connectivity index (χ2v) is 7.21. The van der Waals surface area contributed by atoms with Crippen LogP contribution in [0, 0.1) is 11.3 Å². The van der Waals surface area contributed by atoms with Gasteiger partial charge in [-0.2, -0.15) is 18.8 Å². The summed E-state index contributed by atoms with van der Waals surface area (Å²) >= 11 is 0. The first-order chi connectivity index (χ1) is 11.9. The van der Waals surface area contributed by atoms with Gasteiger partial charge in [-0.1, -0.05) is 0 Å². The number of anilines is 3. The third-order valence-corrected chi connectivity index (χ3v) is 5.29. The molecule has 0 saturated carbocycles. The first-order valence-electron chi connectivity index (χ1n) is 7.41. The molecule has 2 fully saturated rings. The van der Waals surface area contributed by atoms with Crippen molar-refractivity contribution in [1.29, 1.82) is 5.26 Å². The molecule has 1 aromatic heterocycles. The monoisotopic (exact) mass is 367 g/mol. The van der Waals surface area contributed by atoms with Crippen LogP contribution in [-0.4, -0.2) is 60.4 Å². The third-order valence-electron chi connectivity index (χ3n) is 3.70. The quantitative estimate of drug-likeness (QED) is 0.295. The van der Waals surface area contributed by atoms with Gasteiger partial charge < -0.3 is 26.6 Å². The number of nitrogens with zero attached hydrogens (tertiary/aromatic N) is 3. The molecule has 2 aliphatic rings. The van der Waals surface area contributed by atoms with E-state index in [9.17, 15) is 5.11 Å². The Labute approximate surface area is 145 Å². The van der Waals surface area contributed by atoms with Crippen molar-refractivity contribution in [2.45, 2.75) is 31.0 Å². The predicted octanol–water partition coefficient (Wildman–Crippen LogP) is -0.670. The number of aromatic nitrogens is 2. The fourth-order valence-corrected chi connectivity index (χ4v) is 3.94. The molecule has 0 spiro atoms. The van der Waals surface area contributed by atoms with E-state index in [1.807, 2.05) is 6.07 Å². The van der Waals surface area contributed by atoms with Gasteiger partial charge in [-0.3, -0.25) is 0 Å². The van der Waals surface area contributed by atoms with Crippen LogP contribution in [0.3, 0.4) is 0 Å². The largest absolute Gasteiger partial charge is 0.488 e. The van der Waals surface area contributed by atoms with E-state index in [1.54, 1.807) is 0 Å². The zero-order valence-electron chi connectivity index (χ0n) is 13.1. The summed E-state index contributed by atoms with van der Waals surface area (Å²) < 4.78 is 22.0. The molecule has 2 aliphatic heterocycles. The summed E-state index contributed by atoms with van der Waals surface area (Å²) in [6.45, 7) is 0.158. The average molecular weight is 367 g/mol. The van der Waals surface area contributed by atoms with Crippen LogP contribution in [0.5, 0.6) is 0 Å². The van der Waals surface area contributed by atoms with Crippen molar-refractivity contribution in [3.63, 3.8) is 0 Å². The van der Waals surface area contributed by atoms with Crippen LogP contribution in [0.25, 0.3) is 0 Å². The van der Waals surface area contributed by atoms with E-state index < -0.39 is 32.4 Å². The van der Waals surface area contributed by atoms with Gasteiger partial charge in [0.2, 0.25) is 0 Å². The van der Waals surface area contributed by atoms with E-state index in [4.69, 9.17) is 42.6 Å². The van der Waals surface area contributed by atoms with Crippen LogP contribution in [0.1, 0.15) is 6.42 Å². The molecular weight excluding hydrogens is 350 g/mol. The number of nitrogens with one attached hydrogen (secondary N) is 1. The SMILES string of the molecule is [B][P+]1(OCCC#N)OCC2OC(Nc3ncnc(N)c3N)C(O)[C@@H]2O1.